The van der Waals surface area contributed by atoms with Gasteiger partial charge in [0.15, 0.2) is 0 Å². The van der Waals surface area contributed by atoms with Gasteiger partial charge in [0.2, 0.25) is 0 Å². The molecule has 0 fully saturated rings. The Morgan fingerprint density at radius 2 is 1.45 bits per heavy atom. The minimum atomic E-state index is -0.680. The smallest absolute Gasteiger partial charge is 0.303 e. The molecule has 0 bridgehead atoms. The molecule has 128 valence electrons. The van der Waals surface area contributed by atoms with E-state index in [-0.39, 0.29) is 0 Å². The van der Waals surface area contributed by atoms with Crippen molar-refractivity contribution in [2.75, 3.05) is 0 Å². The molecule has 0 aromatic carbocycles. The molecule has 1 unspecified atom stereocenters. The first-order valence-electron chi connectivity index (χ1n) is 9.05. The summed E-state index contributed by atoms with van der Waals surface area (Å²) in [7, 11) is 0. The molecule has 3 heteroatoms. The molecule has 0 spiro atoms. The molecule has 0 saturated carbocycles. The predicted octanol–water partition coefficient (Wildman–Crippen LogP) is 4.92. The van der Waals surface area contributed by atoms with Gasteiger partial charge in [-0.3, -0.25) is 4.79 Å². The number of aliphatic hydroxyl groups excluding tert-OH is 1. The Balaban J connectivity index is 3.20. The maximum atomic E-state index is 10.3. The van der Waals surface area contributed by atoms with Crippen molar-refractivity contribution in [3.05, 3.63) is 0 Å². The first kappa shape index (κ1) is 21.0. The number of hydrogen-bond donors (Lipinski definition) is 2. The Morgan fingerprint density at radius 3 is 2.00 bits per heavy atom. The number of carboxylic acids is 1. The molecule has 0 radical (unpaired) electrons. The fourth-order valence-electron chi connectivity index (χ4n) is 2.39. The molecule has 2 N–H and O–H groups in total. The second kappa shape index (κ2) is 16.4. The first-order chi connectivity index (χ1) is 10.7. The highest BCUT2D eigenvalue weighted by Crippen LogP contribution is 2.11. The Kier molecular flexibility index (Phi) is 15.6. The molecule has 0 aliphatic rings. The fraction of sp³-hybridized carbons (Fsp3) is 0.842. The van der Waals surface area contributed by atoms with Gasteiger partial charge >= 0.3 is 5.97 Å². The Labute approximate surface area is 136 Å². The molecular formula is C19H34O3. The van der Waals surface area contributed by atoms with Crippen molar-refractivity contribution >= 4 is 5.97 Å². The Hall–Kier alpha value is -1.01. The largest absolute Gasteiger partial charge is 0.481 e. The number of aliphatic hydroxyl groups is 1. The van der Waals surface area contributed by atoms with Crippen LogP contribution in [-0.4, -0.2) is 22.3 Å². The highest BCUT2D eigenvalue weighted by Gasteiger charge is 1.97. The van der Waals surface area contributed by atoms with Gasteiger partial charge in [-0.15, -0.1) is 5.92 Å². The van der Waals surface area contributed by atoms with E-state index in [1.807, 2.05) is 0 Å². The van der Waals surface area contributed by atoms with Crippen LogP contribution in [0.4, 0.5) is 0 Å². The molecule has 0 amide bonds. The van der Waals surface area contributed by atoms with Crippen molar-refractivity contribution in [2.45, 2.75) is 103 Å². The van der Waals surface area contributed by atoms with Gasteiger partial charge in [-0.2, -0.15) is 0 Å². The zero-order valence-electron chi connectivity index (χ0n) is 14.3. The lowest BCUT2D eigenvalue weighted by Crippen LogP contribution is -2.01. The number of rotatable bonds is 14. The van der Waals surface area contributed by atoms with Crippen molar-refractivity contribution < 1.29 is 15.0 Å². The van der Waals surface area contributed by atoms with Crippen LogP contribution in [-0.2, 0) is 4.79 Å². The second-order valence-corrected chi connectivity index (χ2v) is 6.05. The maximum absolute atomic E-state index is 10.3. The van der Waals surface area contributed by atoms with Crippen molar-refractivity contribution in [1.29, 1.82) is 0 Å². The Morgan fingerprint density at radius 1 is 0.909 bits per heavy atom. The third-order valence-corrected chi connectivity index (χ3v) is 3.79. The minimum Gasteiger partial charge on any atom is -0.481 e. The van der Waals surface area contributed by atoms with E-state index < -0.39 is 12.1 Å². The lowest BCUT2D eigenvalue weighted by atomic mass is 10.1. The number of unbranched alkanes of at least 4 members (excludes halogenated alkanes) is 10. The van der Waals surface area contributed by atoms with E-state index in [1.54, 1.807) is 0 Å². The van der Waals surface area contributed by atoms with Crippen LogP contribution in [0.15, 0.2) is 0 Å². The number of carboxylic acid groups (broad SMARTS) is 1. The monoisotopic (exact) mass is 310 g/mol. The summed E-state index contributed by atoms with van der Waals surface area (Å²) in [6, 6.07) is 0. The van der Waals surface area contributed by atoms with E-state index in [2.05, 4.69) is 18.8 Å². The quantitative estimate of drug-likeness (QED) is 0.354. The van der Waals surface area contributed by atoms with Crippen molar-refractivity contribution in [2.24, 2.45) is 0 Å². The third-order valence-electron chi connectivity index (χ3n) is 3.79. The molecule has 0 aromatic heterocycles. The fourth-order valence-corrected chi connectivity index (χ4v) is 2.39. The van der Waals surface area contributed by atoms with Gasteiger partial charge in [-0.25, -0.2) is 0 Å². The van der Waals surface area contributed by atoms with E-state index in [4.69, 9.17) is 5.11 Å². The molecule has 0 heterocycles. The van der Waals surface area contributed by atoms with Crippen LogP contribution < -0.4 is 0 Å². The van der Waals surface area contributed by atoms with Gasteiger partial charge in [0, 0.05) is 12.8 Å². The molecule has 0 saturated heterocycles. The molecule has 0 aromatic rings. The normalized spacial score (nSPS) is 11.7. The average molecular weight is 310 g/mol. The van der Waals surface area contributed by atoms with Crippen molar-refractivity contribution in [3.63, 3.8) is 0 Å². The summed E-state index contributed by atoms with van der Waals surface area (Å²) in [5.74, 6) is 5.32. The topological polar surface area (TPSA) is 57.5 Å². The van der Waals surface area contributed by atoms with Gasteiger partial charge in [0.05, 0.1) is 0 Å². The van der Waals surface area contributed by atoms with Gasteiger partial charge in [0.1, 0.15) is 6.10 Å². The summed E-state index contributed by atoms with van der Waals surface area (Å²) in [5, 5.41) is 18.1. The van der Waals surface area contributed by atoms with Crippen LogP contribution in [0, 0.1) is 11.8 Å². The SMILES string of the molecule is CCCCC(O)C#CCCCCCCCCCCCC(=O)O. The average Bonchev–Trinajstić information content (AvgIpc) is 2.49. The molecule has 0 aliphatic heterocycles. The van der Waals surface area contributed by atoms with Gasteiger partial charge in [0.25, 0.3) is 0 Å². The molecule has 3 nitrogen and oxygen atoms in total. The highest BCUT2D eigenvalue weighted by atomic mass is 16.4. The summed E-state index contributed by atoms with van der Waals surface area (Å²) in [6.45, 7) is 2.12. The molecule has 22 heavy (non-hydrogen) atoms. The van der Waals surface area contributed by atoms with Crippen LogP contribution in [0.2, 0.25) is 0 Å². The van der Waals surface area contributed by atoms with Crippen LogP contribution in [0.3, 0.4) is 0 Å². The summed E-state index contributed by atoms with van der Waals surface area (Å²) in [5.41, 5.74) is 0. The van der Waals surface area contributed by atoms with E-state index in [1.165, 1.54) is 32.1 Å². The molecular weight excluding hydrogens is 276 g/mol. The summed E-state index contributed by atoms with van der Waals surface area (Å²) < 4.78 is 0. The lowest BCUT2D eigenvalue weighted by Gasteiger charge is -2.01. The minimum absolute atomic E-state index is 0.314. The summed E-state index contributed by atoms with van der Waals surface area (Å²) >= 11 is 0. The van der Waals surface area contributed by atoms with Crippen molar-refractivity contribution in [3.8, 4) is 11.8 Å². The number of carbonyl (C=O) groups is 1. The maximum Gasteiger partial charge on any atom is 0.303 e. The first-order valence-corrected chi connectivity index (χ1v) is 9.05. The molecule has 1 atom stereocenters. The van der Waals surface area contributed by atoms with Gasteiger partial charge in [-0.1, -0.05) is 70.6 Å². The summed E-state index contributed by atoms with van der Waals surface area (Å²) in [4.78, 5) is 10.3. The van der Waals surface area contributed by atoms with E-state index in [9.17, 15) is 9.90 Å². The van der Waals surface area contributed by atoms with E-state index >= 15 is 0 Å². The third kappa shape index (κ3) is 17.0. The van der Waals surface area contributed by atoms with Gasteiger partial charge < -0.3 is 10.2 Å². The van der Waals surface area contributed by atoms with Crippen LogP contribution in [0.1, 0.15) is 96.8 Å². The highest BCUT2D eigenvalue weighted by molar-refractivity contribution is 5.66. The van der Waals surface area contributed by atoms with Gasteiger partial charge in [-0.05, 0) is 19.3 Å². The Bertz CT molecular complexity index is 314. The summed E-state index contributed by atoms with van der Waals surface area (Å²) in [6.07, 6.45) is 14.1. The van der Waals surface area contributed by atoms with E-state index in [0.29, 0.717) is 6.42 Å². The van der Waals surface area contributed by atoms with Crippen LogP contribution >= 0.6 is 0 Å². The number of aliphatic carboxylic acids is 1. The molecule has 0 rings (SSSR count). The zero-order valence-corrected chi connectivity index (χ0v) is 14.3. The zero-order chi connectivity index (χ0) is 16.5. The second-order valence-electron chi connectivity index (χ2n) is 6.05. The standard InChI is InChI=1S/C19H34O3/c1-2-3-15-18(20)16-13-11-9-7-5-4-6-8-10-12-14-17-19(21)22/h18,20H,2-12,14-15,17H2,1H3,(H,21,22). The van der Waals surface area contributed by atoms with Crippen LogP contribution in [0.5, 0.6) is 0 Å². The molecule has 0 aliphatic carbocycles. The van der Waals surface area contributed by atoms with Crippen molar-refractivity contribution in [1.82, 2.24) is 0 Å². The predicted molar refractivity (Wildman–Crippen MR) is 91.7 cm³/mol. The number of hydrogen-bond acceptors (Lipinski definition) is 2. The lowest BCUT2D eigenvalue weighted by molar-refractivity contribution is -0.137. The van der Waals surface area contributed by atoms with E-state index in [0.717, 1.165) is 51.4 Å². The van der Waals surface area contributed by atoms with Crippen LogP contribution in [0.25, 0.3) is 0 Å².